The SMILES string of the molecule is Cc1nc(C(C)NC(=O)N(Cc2ccccc2F)C2CC2)cs1. The van der Waals surface area contributed by atoms with Crippen molar-refractivity contribution in [3.05, 3.63) is 51.7 Å². The zero-order valence-corrected chi connectivity index (χ0v) is 14.1. The van der Waals surface area contributed by atoms with Crippen LogP contribution in [0, 0.1) is 12.7 Å². The summed E-state index contributed by atoms with van der Waals surface area (Å²) in [5.74, 6) is -0.269. The molecule has 0 spiro atoms. The number of amides is 2. The summed E-state index contributed by atoms with van der Waals surface area (Å²) >= 11 is 1.57. The van der Waals surface area contributed by atoms with Crippen molar-refractivity contribution in [3.63, 3.8) is 0 Å². The first-order valence-electron chi connectivity index (χ1n) is 7.77. The van der Waals surface area contributed by atoms with Crippen LogP contribution in [-0.2, 0) is 6.54 Å². The van der Waals surface area contributed by atoms with Crippen molar-refractivity contribution in [2.24, 2.45) is 0 Å². The van der Waals surface area contributed by atoms with Crippen molar-refractivity contribution in [3.8, 4) is 0 Å². The molecule has 2 amide bonds. The molecule has 0 aliphatic heterocycles. The highest BCUT2D eigenvalue weighted by molar-refractivity contribution is 7.09. The number of hydrogen-bond donors (Lipinski definition) is 1. The molecule has 1 fully saturated rings. The van der Waals surface area contributed by atoms with E-state index in [4.69, 9.17) is 0 Å². The van der Waals surface area contributed by atoms with Crippen molar-refractivity contribution in [1.82, 2.24) is 15.2 Å². The van der Waals surface area contributed by atoms with E-state index in [0.717, 1.165) is 23.5 Å². The van der Waals surface area contributed by atoms with E-state index >= 15 is 0 Å². The number of hydrogen-bond acceptors (Lipinski definition) is 3. The van der Waals surface area contributed by atoms with Gasteiger partial charge in [-0.25, -0.2) is 14.2 Å². The predicted octanol–water partition coefficient (Wildman–Crippen LogP) is 4.03. The highest BCUT2D eigenvalue weighted by Crippen LogP contribution is 2.29. The van der Waals surface area contributed by atoms with Crippen molar-refractivity contribution < 1.29 is 9.18 Å². The molecule has 1 unspecified atom stereocenters. The van der Waals surface area contributed by atoms with Crippen LogP contribution in [0.1, 0.15) is 42.1 Å². The third-order valence-corrected chi connectivity index (χ3v) is 4.76. The number of carbonyl (C=O) groups excluding carboxylic acids is 1. The molecule has 1 aliphatic rings. The Hall–Kier alpha value is -1.95. The predicted molar refractivity (Wildman–Crippen MR) is 88.8 cm³/mol. The molecule has 0 saturated heterocycles. The van der Waals surface area contributed by atoms with Gasteiger partial charge in [0.2, 0.25) is 0 Å². The van der Waals surface area contributed by atoms with Gasteiger partial charge in [-0.3, -0.25) is 0 Å². The standard InChI is InChI=1S/C17H20FN3OS/c1-11(16-10-23-12(2)20-16)19-17(22)21(14-7-8-14)9-13-5-3-4-6-15(13)18/h3-6,10-11,14H,7-9H2,1-2H3,(H,19,22). The monoisotopic (exact) mass is 333 g/mol. The Morgan fingerprint density at radius 3 is 2.83 bits per heavy atom. The number of halogens is 1. The lowest BCUT2D eigenvalue weighted by Crippen LogP contribution is -2.42. The minimum atomic E-state index is -0.269. The van der Waals surface area contributed by atoms with Gasteiger partial charge in [0.05, 0.1) is 23.3 Å². The number of aromatic nitrogens is 1. The van der Waals surface area contributed by atoms with Gasteiger partial charge in [-0.1, -0.05) is 18.2 Å². The van der Waals surface area contributed by atoms with Gasteiger partial charge in [-0.15, -0.1) is 11.3 Å². The number of aryl methyl sites for hydroxylation is 1. The first-order chi connectivity index (χ1) is 11.0. The maximum atomic E-state index is 13.9. The maximum Gasteiger partial charge on any atom is 0.318 e. The lowest BCUT2D eigenvalue weighted by molar-refractivity contribution is 0.188. The van der Waals surface area contributed by atoms with E-state index in [1.807, 2.05) is 19.2 Å². The highest BCUT2D eigenvalue weighted by atomic mass is 32.1. The minimum absolute atomic E-state index is 0.158. The molecule has 0 radical (unpaired) electrons. The zero-order chi connectivity index (χ0) is 16.4. The summed E-state index contributed by atoms with van der Waals surface area (Å²) in [5.41, 5.74) is 1.41. The van der Waals surface area contributed by atoms with Crippen LogP contribution in [0.2, 0.25) is 0 Å². The Kier molecular flexibility index (Phi) is 4.61. The van der Waals surface area contributed by atoms with Gasteiger partial charge in [0, 0.05) is 17.0 Å². The summed E-state index contributed by atoms with van der Waals surface area (Å²) in [6.45, 7) is 4.16. The van der Waals surface area contributed by atoms with E-state index in [9.17, 15) is 9.18 Å². The van der Waals surface area contributed by atoms with Crippen LogP contribution in [0.25, 0.3) is 0 Å². The van der Waals surface area contributed by atoms with Crippen molar-refractivity contribution in [2.45, 2.75) is 45.3 Å². The normalized spacial score (nSPS) is 15.3. The van der Waals surface area contributed by atoms with E-state index in [-0.39, 0.29) is 23.9 Å². The van der Waals surface area contributed by atoms with Crippen LogP contribution in [0.5, 0.6) is 0 Å². The lowest BCUT2D eigenvalue weighted by atomic mass is 10.2. The van der Waals surface area contributed by atoms with Gasteiger partial charge in [-0.2, -0.15) is 0 Å². The number of urea groups is 1. The molecule has 4 nitrogen and oxygen atoms in total. The molecule has 1 heterocycles. The summed E-state index contributed by atoms with van der Waals surface area (Å²) in [6.07, 6.45) is 1.96. The minimum Gasteiger partial charge on any atom is -0.330 e. The molecule has 0 bridgehead atoms. The van der Waals surface area contributed by atoms with E-state index in [2.05, 4.69) is 10.3 Å². The number of benzene rings is 1. The number of rotatable bonds is 5. The van der Waals surface area contributed by atoms with Crippen molar-refractivity contribution >= 4 is 17.4 Å². The maximum absolute atomic E-state index is 13.9. The van der Waals surface area contributed by atoms with E-state index in [1.54, 1.807) is 34.4 Å². The first-order valence-corrected chi connectivity index (χ1v) is 8.65. The molecular formula is C17H20FN3OS. The smallest absolute Gasteiger partial charge is 0.318 e. The fourth-order valence-corrected chi connectivity index (χ4v) is 3.19. The Morgan fingerprint density at radius 1 is 1.48 bits per heavy atom. The third-order valence-electron chi connectivity index (χ3n) is 3.97. The zero-order valence-electron chi connectivity index (χ0n) is 13.3. The number of nitrogens with one attached hydrogen (secondary N) is 1. The van der Waals surface area contributed by atoms with Crippen LogP contribution in [0.4, 0.5) is 9.18 Å². The van der Waals surface area contributed by atoms with Crippen LogP contribution < -0.4 is 5.32 Å². The molecule has 1 aliphatic carbocycles. The topological polar surface area (TPSA) is 45.2 Å². The molecule has 1 saturated carbocycles. The average molecular weight is 333 g/mol. The van der Waals surface area contributed by atoms with Crippen LogP contribution in [0.3, 0.4) is 0 Å². The number of nitrogens with zero attached hydrogens (tertiary/aromatic N) is 2. The van der Waals surface area contributed by atoms with Crippen molar-refractivity contribution in [1.29, 1.82) is 0 Å². The molecule has 23 heavy (non-hydrogen) atoms. The average Bonchev–Trinajstić information content (AvgIpc) is 3.26. The molecule has 122 valence electrons. The van der Waals surface area contributed by atoms with Gasteiger partial charge in [0.15, 0.2) is 0 Å². The summed E-state index contributed by atoms with van der Waals surface area (Å²) < 4.78 is 13.9. The summed E-state index contributed by atoms with van der Waals surface area (Å²) in [5, 5.41) is 5.91. The molecular weight excluding hydrogens is 313 g/mol. The van der Waals surface area contributed by atoms with E-state index < -0.39 is 0 Å². The highest BCUT2D eigenvalue weighted by Gasteiger charge is 2.33. The van der Waals surface area contributed by atoms with E-state index in [1.165, 1.54) is 6.07 Å². The quantitative estimate of drug-likeness (QED) is 0.898. The molecule has 3 rings (SSSR count). The van der Waals surface area contributed by atoms with Gasteiger partial charge in [0.25, 0.3) is 0 Å². The van der Waals surface area contributed by atoms with Crippen LogP contribution in [0.15, 0.2) is 29.6 Å². The van der Waals surface area contributed by atoms with Crippen LogP contribution >= 0.6 is 11.3 Å². The molecule has 2 aromatic rings. The summed E-state index contributed by atoms with van der Waals surface area (Å²) in [4.78, 5) is 18.7. The van der Waals surface area contributed by atoms with Gasteiger partial charge < -0.3 is 10.2 Å². The molecule has 1 aromatic heterocycles. The molecule has 1 aromatic carbocycles. The van der Waals surface area contributed by atoms with Crippen molar-refractivity contribution in [2.75, 3.05) is 0 Å². The molecule has 6 heteroatoms. The third kappa shape index (κ3) is 3.88. The molecule has 1 N–H and O–H groups in total. The van der Waals surface area contributed by atoms with Gasteiger partial charge in [-0.05, 0) is 32.8 Å². The Balaban J connectivity index is 1.68. The number of thiazole rings is 1. The van der Waals surface area contributed by atoms with Crippen LogP contribution in [-0.4, -0.2) is 22.0 Å². The first kappa shape index (κ1) is 15.9. The summed E-state index contributed by atoms with van der Waals surface area (Å²) in [7, 11) is 0. The second kappa shape index (κ2) is 6.66. The largest absolute Gasteiger partial charge is 0.330 e. The Labute approximate surface area is 139 Å². The second-order valence-corrected chi connectivity index (χ2v) is 6.98. The lowest BCUT2D eigenvalue weighted by Gasteiger charge is -2.25. The Bertz CT molecular complexity index is 699. The van der Waals surface area contributed by atoms with Gasteiger partial charge >= 0.3 is 6.03 Å². The Morgan fingerprint density at radius 2 is 2.22 bits per heavy atom. The van der Waals surface area contributed by atoms with Gasteiger partial charge in [0.1, 0.15) is 5.82 Å². The second-order valence-electron chi connectivity index (χ2n) is 5.91. The van der Waals surface area contributed by atoms with E-state index in [0.29, 0.717) is 12.1 Å². The molecule has 1 atom stereocenters. The number of carbonyl (C=O) groups is 1. The summed E-state index contributed by atoms with van der Waals surface area (Å²) in [6, 6.07) is 6.50. The fourth-order valence-electron chi connectivity index (χ4n) is 2.48. The fraction of sp³-hybridized carbons (Fsp3) is 0.412.